The van der Waals surface area contributed by atoms with E-state index in [-0.39, 0.29) is 29.1 Å². The highest BCUT2D eigenvalue weighted by molar-refractivity contribution is 7.94. The number of nitrogens with zero attached hydrogens (tertiary/aromatic N) is 1. The number of H-pyrrole nitrogens is 1. The van der Waals surface area contributed by atoms with Crippen LogP contribution >= 0.6 is 24.4 Å². The van der Waals surface area contributed by atoms with E-state index < -0.39 is 0 Å². The van der Waals surface area contributed by atoms with Gasteiger partial charge < -0.3 is 9.30 Å². The monoisotopic (exact) mass is 464 g/mol. The van der Waals surface area contributed by atoms with Crippen LogP contribution < -0.4 is 5.56 Å². The Hall–Kier alpha value is -1.93. The number of aromatic nitrogens is 2. The predicted octanol–water partition coefficient (Wildman–Crippen LogP) is 6.09. The second-order valence-electron chi connectivity index (χ2n) is 8.50. The lowest BCUT2D eigenvalue weighted by Gasteiger charge is -2.42. The average molecular weight is 465 g/mol. The third-order valence-electron chi connectivity index (χ3n) is 6.44. The highest BCUT2D eigenvalue weighted by atomic mass is 32.2. The van der Waals surface area contributed by atoms with E-state index in [9.17, 15) is 13.5 Å². The highest BCUT2D eigenvalue weighted by Gasteiger charge is 2.47. The summed E-state index contributed by atoms with van der Waals surface area (Å²) in [7, 11) is 0. The molecule has 1 aliphatic rings. The van der Waals surface area contributed by atoms with Crippen LogP contribution in [0.4, 0.5) is 3.89 Å². The molecule has 1 N–H and O–H groups in total. The van der Waals surface area contributed by atoms with Gasteiger partial charge in [0.25, 0.3) is 5.56 Å². The van der Waals surface area contributed by atoms with E-state index in [0.29, 0.717) is 34.3 Å². The third kappa shape index (κ3) is 5.66. The van der Waals surface area contributed by atoms with Crippen molar-refractivity contribution in [2.24, 2.45) is 11.3 Å². The number of esters is 1. The van der Waals surface area contributed by atoms with Gasteiger partial charge in [0.05, 0.1) is 29.7 Å². The van der Waals surface area contributed by atoms with E-state index in [4.69, 9.17) is 17.0 Å². The largest absolute Gasteiger partial charge is 0.465 e. The molecule has 168 valence electrons. The number of carbonyl (C=O) groups is 1. The maximum Gasteiger partial charge on any atom is 0.312 e. The zero-order valence-corrected chi connectivity index (χ0v) is 19.6. The summed E-state index contributed by atoms with van der Waals surface area (Å²) in [5.41, 5.74) is 0.690. The Morgan fingerprint density at radius 3 is 2.61 bits per heavy atom. The summed E-state index contributed by atoms with van der Waals surface area (Å²) in [6.45, 7) is 5.27. The van der Waals surface area contributed by atoms with Crippen LogP contribution in [0.3, 0.4) is 0 Å². The van der Waals surface area contributed by atoms with Crippen molar-refractivity contribution in [1.82, 2.24) is 9.55 Å². The zero-order valence-electron chi connectivity index (χ0n) is 18.0. The topological polar surface area (TPSA) is 64.1 Å². The number of nitrogens with one attached hydrogen (secondary N) is 1. The Bertz CT molecular complexity index is 1020. The van der Waals surface area contributed by atoms with E-state index in [1.165, 1.54) is 0 Å². The van der Waals surface area contributed by atoms with E-state index in [0.717, 1.165) is 44.1 Å². The van der Waals surface area contributed by atoms with Crippen molar-refractivity contribution in [3.05, 3.63) is 45.6 Å². The third-order valence-corrected chi connectivity index (χ3v) is 7.23. The minimum Gasteiger partial charge on any atom is -0.465 e. The predicted molar refractivity (Wildman–Crippen MR) is 124 cm³/mol. The van der Waals surface area contributed by atoms with Crippen LogP contribution in [0.25, 0.3) is 11.1 Å². The van der Waals surface area contributed by atoms with Gasteiger partial charge in [-0.25, -0.2) is 0 Å². The Kier molecular flexibility index (Phi) is 8.11. The molecule has 0 aliphatic heterocycles. The first kappa shape index (κ1) is 23.7. The van der Waals surface area contributed by atoms with Gasteiger partial charge in [0.15, 0.2) is 4.77 Å². The fourth-order valence-corrected chi connectivity index (χ4v) is 4.28. The van der Waals surface area contributed by atoms with Gasteiger partial charge in [-0.3, -0.25) is 14.6 Å². The van der Waals surface area contributed by atoms with Crippen molar-refractivity contribution >= 4 is 30.3 Å². The molecule has 1 fully saturated rings. The number of ether oxygens (including phenoxy) is 1. The van der Waals surface area contributed by atoms with Gasteiger partial charge in [-0.1, -0.05) is 25.5 Å². The van der Waals surface area contributed by atoms with Crippen molar-refractivity contribution in [2.45, 2.75) is 63.8 Å². The number of rotatable bonds is 10. The number of carbonyl (C=O) groups excluding carboxylic acids is 1. The minimum atomic E-state index is -0.288. The fourth-order valence-electron chi connectivity index (χ4n) is 3.80. The first-order valence-electron chi connectivity index (χ1n) is 10.7. The van der Waals surface area contributed by atoms with E-state index >= 15 is 0 Å². The number of hydrogen-bond donors (Lipinski definition) is 1. The van der Waals surface area contributed by atoms with Gasteiger partial charge in [0.2, 0.25) is 0 Å². The van der Waals surface area contributed by atoms with Gasteiger partial charge in [-0.05, 0) is 74.9 Å². The Morgan fingerprint density at radius 1 is 1.29 bits per heavy atom. The first-order valence-corrected chi connectivity index (χ1v) is 11.9. The van der Waals surface area contributed by atoms with E-state index in [1.54, 1.807) is 30.5 Å². The Balaban J connectivity index is 1.45. The zero-order chi connectivity index (χ0) is 22.4. The summed E-state index contributed by atoms with van der Waals surface area (Å²) in [5.74, 6) is 0.351. The number of hydrogen-bond acceptors (Lipinski definition) is 5. The Labute approximate surface area is 191 Å². The number of benzene rings is 1. The molecule has 2 unspecified atom stereocenters. The quantitative estimate of drug-likeness (QED) is 0.262. The van der Waals surface area contributed by atoms with Crippen molar-refractivity contribution in [3.63, 3.8) is 0 Å². The fraction of sp³-hybridized carbons (Fsp3) is 0.522. The van der Waals surface area contributed by atoms with Crippen LogP contribution in [0, 0.1) is 16.1 Å². The summed E-state index contributed by atoms with van der Waals surface area (Å²) in [5, 5.41) is 0. The van der Waals surface area contributed by atoms with Gasteiger partial charge in [0, 0.05) is 17.6 Å². The van der Waals surface area contributed by atoms with Crippen LogP contribution in [-0.4, -0.2) is 22.1 Å². The van der Waals surface area contributed by atoms with Crippen molar-refractivity contribution in [3.8, 4) is 11.1 Å². The summed E-state index contributed by atoms with van der Waals surface area (Å²) in [6.07, 6.45) is 7.48. The maximum atomic E-state index is 12.6. The summed E-state index contributed by atoms with van der Waals surface area (Å²) < 4.78 is 20.4. The van der Waals surface area contributed by atoms with Crippen LogP contribution in [0.2, 0.25) is 0 Å². The molecule has 0 saturated heterocycles. The molecular weight excluding hydrogens is 435 g/mol. The Morgan fingerprint density at radius 2 is 2.00 bits per heavy atom. The van der Waals surface area contributed by atoms with Crippen LogP contribution in [0.5, 0.6) is 0 Å². The molecule has 1 aromatic carbocycles. The molecule has 0 radical (unpaired) electrons. The second-order valence-corrected chi connectivity index (χ2v) is 9.52. The molecule has 1 saturated carbocycles. The molecule has 5 nitrogen and oxygen atoms in total. The lowest BCUT2D eigenvalue weighted by Crippen LogP contribution is -2.43. The molecule has 8 heteroatoms. The standard InChI is InChI=1S/C23H29FN2O3S2/c1-16-11-12-23(16,2)21(28)29-14-6-4-3-5-13-26-15-19(20(27)25-22(26)30)17-7-9-18(31-24)10-8-17/h7-10,15-16H,3-6,11-14H2,1-2H3,(H,25,27,30). The SMILES string of the molecule is CC1CCC1(C)C(=O)OCCCCCCn1cc(-c2ccc(SF)cc2)c(=O)[nH]c1=S. The smallest absolute Gasteiger partial charge is 0.312 e. The van der Waals surface area contributed by atoms with Crippen molar-refractivity contribution in [2.75, 3.05) is 6.61 Å². The molecule has 0 bridgehead atoms. The molecule has 0 spiro atoms. The molecular formula is C23H29FN2O3S2. The number of aromatic amines is 1. The van der Waals surface area contributed by atoms with E-state index in [1.807, 2.05) is 11.5 Å². The van der Waals surface area contributed by atoms with E-state index in [2.05, 4.69) is 11.9 Å². The lowest BCUT2D eigenvalue weighted by atomic mass is 9.62. The second kappa shape index (κ2) is 10.6. The molecule has 1 aliphatic carbocycles. The summed E-state index contributed by atoms with van der Waals surface area (Å²) in [6, 6.07) is 6.74. The van der Waals surface area contributed by atoms with Crippen LogP contribution in [0.1, 0.15) is 52.4 Å². The van der Waals surface area contributed by atoms with Crippen LogP contribution in [-0.2, 0) is 16.1 Å². The summed E-state index contributed by atoms with van der Waals surface area (Å²) in [4.78, 5) is 27.7. The molecule has 2 aromatic rings. The van der Waals surface area contributed by atoms with Gasteiger partial charge in [-0.15, -0.1) is 0 Å². The molecule has 0 amide bonds. The molecule has 2 atom stereocenters. The normalized spacial score (nSPS) is 20.3. The number of aryl methyl sites for hydroxylation is 1. The van der Waals surface area contributed by atoms with Crippen LogP contribution in [0.15, 0.2) is 40.2 Å². The molecule has 1 heterocycles. The minimum absolute atomic E-state index is 0.0588. The maximum absolute atomic E-state index is 12.6. The molecule has 3 rings (SSSR count). The summed E-state index contributed by atoms with van der Waals surface area (Å²) >= 11 is 5.47. The van der Waals surface area contributed by atoms with Crippen molar-refractivity contribution < 1.29 is 13.4 Å². The molecule has 31 heavy (non-hydrogen) atoms. The van der Waals surface area contributed by atoms with Gasteiger partial charge in [0.1, 0.15) is 0 Å². The molecule has 1 aromatic heterocycles. The lowest BCUT2D eigenvalue weighted by molar-refractivity contribution is -0.165. The first-order chi connectivity index (χ1) is 14.8. The van der Waals surface area contributed by atoms with Gasteiger partial charge >= 0.3 is 5.97 Å². The highest BCUT2D eigenvalue weighted by Crippen LogP contribution is 2.46. The van der Waals surface area contributed by atoms with Gasteiger partial charge in [-0.2, -0.15) is 3.89 Å². The number of halogens is 1. The number of unbranched alkanes of at least 4 members (excludes halogenated alkanes) is 3. The average Bonchev–Trinajstić information content (AvgIpc) is 2.78. The van der Waals surface area contributed by atoms with Crippen molar-refractivity contribution in [1.29, 1.82) is 0 Å².